The van der Waals surface area contributed by atoms with Gasteiger partial charge in [-0.25, -0.2) is 21.6 Å². The molecular weight excluding hydrogens is 511 g/mol. The molecule has 3 N–H and O–H groups in total. The summed E-state index contributed by atoms with van der Waals surface area (Å²) in [6.45, 7) is 1.09. The van der Waals surface area contributed by atoms with Gasteiger partial charge in [0.05, 0.1) is 34.2 Å². The zero-order chi connectivity index (χ0) is 25.9. The van der Waals surface area contributed by atoms with Gasteiger partial charge >= 0.3 is 6.18 Å². The fourth-order valence-corrected chi connectivity index (χ4v) is 5.14. The summed E-state index contributed by atoms with van der Waals surface area (Å²) in [6, 6.07) is 10.1. The zero-order valence-electron chi connectivity index (χ0n) is 18.0. The number of rotatable bonds is 9. The van der Waals surface area contributed by atoms with Crippen molar-refractivity contribution in [1.82, 2.24) is 9.44 Å². The van der Waals surface area contributed by atoms with E-state index in [1.54, 1.807) is 12.1 Å². The van der Waals surface area contributed by atoms with E-state index in [0.717, 1.165) is 24.3 Å². The van der Waals surface area contributed by atoms with Gasteiger partial charge in [-0.15, -0.1) is 0 Å². The van der Waals surface area contributed by atoms with E-state index in [1.807, 2.05) is 4.72 Å². The molecule has 0 unspecified atom stereocenters. The smallest absolute Gasteiger partial charge is 0.416 e. The van der Waals surface area contributed by atoms with Crippen LogP contribution < -0.4 is 14.8 Å². The second-order valence-corrected chi connectivity index (χ2v) is 10.8. The molecule has 0 bridgehead atoms. The highest BCUT2D eigenvalue weighted by Gasteiger charge is 2.32. The van der Waals surface area contributed by atoms with Crippen LogP contribution in [0.1, 0.15) is 18.2 Å². The Labute approximate surface area is 199 Å². The fraction of sp³-hybridized carbons (Fsp3) is 0.190. The highest BCUT2D eigenvalue weighted by atomic mass is 32.2. The fourth-order valence-electron chi connectivity index (χ4n) is 2.85. The van der Waals surface area contributed by atoms with Gasteiger partial charge in [-0.3, -0.25) is 4.79 Å². The topological polar surface area (TPSA) is 135 Å². The van der Waals surface area contributed by atoms with E-state index in [1.165, 1.54) is 31.4 Å². The van der Waals surface area contributed by atoms with Crippen LogP contribution in [0.2, 0.25) is 0 Å². The molecular formula is C21H20F3N3O6S2. The van der Waals surface area contributed by atoms with Crippen LogP contribution in [0.3, 0.4) is 0 Å². The lowest BCUT2D eigenvalue weighted by Gasteiger charge is -2.16. The van der Waals surface area contributed by atoms with Crippen molar-refractivity contribution in [3.05, 3.63) is 78.3 Å². The summed E-state index contributed by atoms with van der Waals surface area (Å²) >= 11 is 0. The summed E-state index contributed by atoms with van der Waals surface area (Å²) in [4.78, 5) is 11.7. The lowest BCUT2D eigenvalue weighted by molar-refractivity contribution is -0.137. The van der Waals surface area contributed by atoms with E-state index in [-0.39, 0.29) is 17.1 Å². The number of carbonyl (C=O) groups is 1. The molecule has 0 saturated carbocycles. The highest BCUT2D eigenvalue weighted by molar-refractivity contribution is 7.89. The number of hydrogen-bond acceptors (Lipinski definition) is 6. The molecule has 0 aliphatic carbocycles. The molecule has 188 valence electrons. The van der Waals surface area contributed by atoms with Gasteiger partial charge in [-0.05, 0) is 55.5 Å². The molecule has 1 aromatic heterocycles. The standard InChI is InChI=1S/C21H20F3N3O6S2/c1-14(27-35(31,32)18-8-2-5-15(11-18)21(22,23)24)20(28)26-16-6-3-9-19(12-16)34(29,30)25-13-17-7-4-10-33-17/h2-12,14,25,27H,13H2,1H3,(H,26,28)/t14-/m1/s1. The van der Waals surface area contributed by atoms with Gasteiger partial charge in [0.15, 0.2) is 0 Å². The predicted molar refractivity (Wildman–Crippen MR) is 119 cm³/mol. The largest absolute Gasteiger partial charge is 0.468 e. The molecule has 3 aromatic rings. The summed E-state index contributed by atoms with van der Waals surface area (Å²) in [7, 11) is -8.43. The molecule has 14 heteroatoms. The molecule has 0 saturated heterocycles. The maximum atomic E-state index is 12.9. The second-order valence-electron chi connectivity index (χ2n) is 7.29. The lowest BCUT2D eigenvalue weighted by Crippen LogP contribution is -2.41. The number of sulfonamides is 2. The zero-order valence-corrected chi connectivity index (χ0v) is 19.7. The number of halogens is 3. The Morgan fingerprint density at radius 2 is 1.60 bits per heavy atom. The Balaban J connectivity index is 1.68. The Morgan fingerprint density at radius 1 is 0.943 bits per heavy atom. The number of amides is 1. The number of hydrogen-bond donors (Lipinski definition) is 3. The van der Waals surface area contributed by atoms with Crippen LogP contribution >= 0.6 is 0 Å². The first-order valence-electron chi connectivity index (χ1n) is 9.90. The van der Waals surface area contributed by atoms with E-state index in [2.05, 4.69) is 10.0 Å². The molecule has 35 heavy (non-hydrogen) atoms. The first-order valence-corrected chi connectivity index (χ1v) is 12.9. The maximum absolute atomic E-state index is 12.9. The van der Waals surface area contributed by atoms with Gasteiger partial charge in [-0.2, -0.15) is 17.9 Å². The minimum atomic E-state index is -4.74. The van der Waals surface area contributed by atoms with Crippen molar-refractivity contribution in [3.8, 4) is 0 Å². The number of nitrogens with one attached hydrogen (secondary N) is 3. The third-order valence-corrected chi connectivity index (χ3v) is 7.56. The molecule has 1 heterocycles. The lowest BCUT2D eigenvalue weighted by atomic mass is 10.2. The average Bonchev–Trinajstić information content (AvgIpc) is 3.31. The molecule has 0 aliphatic rings. The normalized spacial score (nSPS) is 13.4. The van der Waals surface area contributed by atoms with Crippen LogP contribution in [0.25, 0.3) is 0 Å². The number of furan rings is 1. The quantitative estimate of drug-likeness (QED) is 0.389. The Morgan fingerprint density at radius 3 is 2.23 bits per heavy atom. The van der Waals surface area contributed by atoms with Gasteiger partial charge in [0, 0.05) is 5.69 Å². The molecule has 0 fully saturated rings. The average molecular weight is 532 g/mol. The molecule has 1 amide bonds. The summed E-state index contributed by atoms with van der Waals surface area (Å²) in [6.07, 6.45) is -3.35. The van der Waals surface area contributed by atoms with E-state index in [9.17, 15) is 34.8 Å². The third-order valence-electron chi connectivity index (χ3n) is 4.63. The second kappa shape index (κ2) is 10.2. The van der Waals surface area contributed by atoms with E-state index in [0.29, 0.717) is 11.8 Å². The van der Waals surface area contributed by atoms with Crippen molar-refractivity contribution in [2.24, 2.45) is 0 Å². The van der Waals surface area contributed by atoms with Crippen LogP contribution in [-0.4, -0.2) is 28.8 Å². The van der Waals surface area contributed by atoms with Crippen LogP contribution in [0.15, 0.2) is 81.1 Å². The first kappa shape index (κ1) is 26.4. The van der Waals surface area contributed by atoms with Gasteiger partial charge in [0.25, 0.3) is 0 Å². The van der Waals surface area contributed by atoms with Crippen LogP contribution in [0.4, 0.5) is 18.9 Å². The Kier molecular flexibility index (Phi) is 7.69. The van der Waals surface area contributed by atoms with Gasteiger partial charge < -0.3 is 9.73 Å². The molecule has 1 atom stereocenters. The highest BCUT2D eigenvalue weighted by Crippen LogP contribution is 2.30. The molecule has 2 aromatic carbocycles. The molecule has 0 spiro atoms. The number of alkyl halides is 3. The van der Waals surface area contributed by atoms with Gasteiger partial charge in [-0.1, -0.05) is 12.1 Å². The molecule has 3 rings (SSSR count). The summed E-state index contributed by atoms with van der Waals surface area (Å²) in [5.41, 5.74) is -1.10. The SMILES string of the molecule is C[C@@H](NS(=O)(=O)c1cccc(C(F)(F)F)c1)C(=O)Nc1cccc(S(=O)(=O)NCc2ccco2)c1. The van der Waals surface area contributed by atoms with Crippen molar-refractivity contribution in [1.29, 1.82) is 0 Å². The van der Waals surface area contributed by atoms with E-state index < -0.39 is 48.6 Å². The van der Waals surface area contributed by atoms with Crippen LogP contribution in [0, 0.1) is 0 Å². The molecule has 0 radical (unpaired) electrons. The summed E-state index contributed by atoms with van der Waals surface area (Å²) in [5.74, 6) is -0.474. The van der Waals surface area contributed by atoms with Crippen molar-refractivity contribution in [2.45, 2.75) is 35.5 Å². The number of anilines is 1. The maximum Gasteiger partial charge on any atom is 0.416 e. The van der Waals surface area contributed by atoms with E-state index >= 15 is 0 Å². The molecule has 0 aliphatic heterocycles. The predicted octanol–water partition coefficient (Wildman–Crippen LogP) is 3.08. The summed E-state index contributed by atoms with van der Waals surface area (Å²) < 4.78 is 98.1. The van der Waals surface area contributed by atoms with Gasteiger partial charge in [0.1, 0.15) is 5.76 Å². The monoisotopic (exact) mass is 531 g/mol. The van der Waals surface area contributed by atoms with Crippen molar-refractivity contribution in [3.63, 3.8) is 0 Å². The van der Waals surface area contributed by atoms with Crippen LogP contribution in [-0.2, 0) is 37.6 Å². The summed E-state index contributed by atoms with van der Waals surface area (Å²) in [5, 5.41) is 2.38. The third kappa shape index (κ3) is 6.91. The van der Waals surface area contributed by atoms with Crippen molar-refractivity contribution >= 4 is 31.6 Å². The van der Waals surface area contributed by atoms with Gasteiger partial charge in [0.2, 0.25) is 26.0 Å². The Bertz CT molecular complexity index is 1410. The number of carbonyl (C=O) groups excluding carboxylic acids is 1. The van der Waals surface area contributed by atoms with Crippen LogP contribution in [0.5, 0.6) is 0 Å². The molecule has 9 nitrogen and oxygen atoms in total. The van der Waals surface area contributed by atoms with Crippen molar-refractivity contribution < 1.29 is 39.2 Å². The Hall–Kier alpha value is -3.20. The first-order chi connectivity index (χ1) is 16.3. The number of benzene rings is 2. The minimum absolute atomic E-state index is 0.0565. The van der Waals surface area contributed by atoms with E-state index in [4.69, 9.17) is 4.42 Å². The van der Waals surface area contributed by atoms with Crippen molar-refractivity contribution in [2.75, 3.05) is 5.32 Å². The minimum Gasteiger partial charge on any atom is -0.468 e.